The van der Waals surface area contributed by atoms with E-state index in [1.54, 1.807) is 38.1 Å². The Labute approximate surface area is 143 Å². The molecule has 0 saturated carbocycles. The molecule has 1 unspecified atom stereocenters. The van der Waals surface area contributed by atoms with Crippen LogP contribution in [0.4, 0.5) is 0 Å². The Hall–Kier alpha value is -2.06. The largest absolute Gasteiger partial charge is 0.480 e. The first-order valence-corrected chi connectivity index (χ1v) is 8.45. The van der Waals surface area contributed by atoms with Crippen LogP contribution in [0.2, 0.25) is 0 Å². The zero-order valence-electron chi connectivity index (χ0n) is 13.3. The maximum Gasteiger partial charge on any atom is 0.327 e. The number of aliphatic carboxylic acids is 1. The molecule has 0 radical (unpaired) electrons. The van der Waals surface area contributed by atoms with E-state index in [1.807, 2.05) is 6.07 Å². The number of carbonyl (C=O) groups excluding carboxylic acids is 2. The van der Waals surface area contributed by atoms with Crippen LogP contribution in [-0.2, 0) is 14.4 Å². The van der Waals surface area contributed by atoms with Gasteiger partial charge < -0.3 is 21.1 Å². The normalized spacial score (nSPS) is 28.7. The van der Waals surface area contributed by atoms with Gasteiger partial charge in [0.25, 0.3) is 0 Å². The lowest BCUT2D eigenvalue weighted by molar-refractivity contribution is -0.161. The summed E-state index contributed by atoms with van der Waals surface area (Å²) in [4.78, 5) is 37.5. The number of carbonyl (C=O) groups is 3. The zero-order valence-corrected chi connectivity index (χ0v) is 14.1. The molecular formula is C16H19N3O4S. The van der Waals surface area contributed by atoms with E-state index in [9.17, 15) is 19.5 Å². The fourth-order valence-corrected chi connectivity index (χ4v) is 4.83. The zero-order chi connectivity index (χ0) is 17.6. The molecule has 2 saturated heterocycles. The molecule has 0 aromatic heterocycles. The van der Waals surface area contributed by atoms with E-state index in [1.165, 1.54) is 16.7 Å². The van der Waals surface area contributed by atoms with Gasteiger partial charge in [0.05, 0.1) is 0 Å². The fourth-order valence-electron chi connectivity index (χ4n) is 3.20. The molecule has 2 amide bonds. The Bertz CT molecular complexity index is 694. The topological polar surface area (TPSA) is 113 Å². The van der Waals surface area contributed by atoms with Gasteiger partial charge in [-0.05, 0) is 19.4 Å². The molecule has 7 nitrogen and oxygen atoms in total. The average molecular weight is 349 g/mol. The number of nitrogens with zero attached hydrogens (tertiary/aromatic N) is 1. The molecule has 8 heteroatoms. The molecule has 2 aliphatic rings. The lowest BCUT2D eigenvalue weighted by Crippen LogP contribution is -2.71. The van der Waals surface area contributed by atoms with Crippen molar-refractivity contribution in [2.24, 2.45) is 5.73 Å². The predicted molar refractivity (Wildman–Crippen MR) is 89.0 cm³/mol. The predicted octanol–water partition coefficient (Wildman–Crippen LogP) is 0.318. The van der Waals surface area contributed by atoms with E-state index < -0.39 is 34.7 Å². The quantitative estimate of drug-likeness (QED) is 0.675. The Morgan fingerprint density at radius 3 is 2.54 bits per heavy atom. The highest BCUT2D eigenvalue weighted by Gasteiger charge is 2.64. The molecule has 1 aromatic carbocycles. The average Bonchev–Trinajstić information content (AvgIpc) is 2.80. The summed E-state index contributed by atoms with van der Waals surface area (Å²) < 4.78 is -0.618. The van der Waals surface area contributed by atoms with E-state index in [0.29, 0.717) is 5.56 Å². The number of amides is 2. The number of fused-ring (bicyclic) bond motifs is 1. The number of hydrogen-bond acceptors (Lipinski definition) is 5. The Balaban J connectivity index is 1.71. The van der Waals surface area contributed by atoms with Gasteiger partial charge in [0.1, 0.15) is 23.5 Å². The highest BCUT2D eigenvalue weighted by atomic mass is 32.2. The van der Waals surface area contributed by atoms with Gasteiger partial charge in [-0.25, -0.2) is 4.79 Å². The fraction of sp³-hybridized carbons (Fsp3) is 0.438. The van der Waals surface area contributed by atoms with Gasteiger partial charge in [-0.2, -0.15) is 0 Å². The van der Waals surface area contributed by atoms with Crippen LogP contribution in [0.25, 0.3) is 0 Å². The van der Waals surface area contributed by atoms with Crippen molar-refractivity contribution < 1.29 is 19.5 Å². The third kappa shape index (κ3) is 2.55. The Morgan fingerprint density at radius 1 is 1.33 bits per heavy atom. The van der Waals surface area contributed by atoms with E-state index >= 15 is 0 Å². The first-order chi connectivity index (χ1) is 11.2. The van der Waals surface area contributed by atoms with Crippen LogP contribution in [-0.4, -0.2) is 50.0 Å². The van der Waals surface area contributed by atoms with Crippen LogP contribution in [0.3, 0.4) is 0 Å². The van der Waals surface area contributed by atoms with Crippen molar-refractivity contribution in [3.8, 4) is 0 Å². The molecule has 4 N–H and O–H groups in total. The molecule has 128 valence electrons. The van der Waals surface area contributed by atoms with Crippen molar-refractivity contribution in [2.45, 2.75) is 42.1 Å². The molecular weight excluding hydrogens is 330 g/mol. The monoisotopic (exact) mass is 349 g/mol. The smallest absolute Gasteiger partial charge is 0.327 e. The summed E-state index contributed by atoms with van der Waals surface area (Å²) in [5.41, 5.74) is 6.59. The second kappa shape index (κ2) is 5.78. The van der Waals surface area contributed by atoms with Crippen molar-refractivity contribution >= 4 is 29.5 Å². The van der Waals surface area contributed by atoms with E-state index in [0.717, 1.165) is 0 Å². The van der Waals surface area contributed by atoms with Gasteiger partial charge in [-0.3, -0.25) is 9.59 Å². The standard InChI is InChI=1S/C16H19N3O4S/c1-16(2)11(15(22)23)19-13(21)10(14(19)24-16)18-12(20)9(17)8-6-4-3-5-7-8/h3-7,9-11,14H,17H2,1-2H3,(H,18,20)(H,22,23)/t9?,10-,11-,14+/m0/s1. The Kier molecular flexibility index (Phi) is 4.05. The molecule has 24 heavy (non-hydrogen) atoms. The second-order valence-electron chi connectivity index (χ2n) is 6.47. The van der Waals surface area contributed by atoms with Gasteiger partial charge in [0.15, 0.2) is 0 Å². The van der Waals surface area contributed by atoms with Crippen molar-refractivity contribution in [1.82, 2.24) is 10.2 Å². The maximum absolute atomic E-state index is 12.3. The molecule has 2 aliphatic heterocycles. The van der Waals surface area contributed by atoms with Crippen molar-refractivity contribution in [3.63, 3.8) is 0 Å². The van der Waals surface area contributed by atoms with Crippen molar-refractivity contribution in [2.75, 3.05) is 0 Å². The lowest BCUT2D eigenvalue weighted by atomic mass is 9.95. The number of nitrogens with two attached hydrogens (primary N) is 1. The van der Waals surface area contributed by atoms with Crippen LogP contribution in [0.5, 0.6) is 0 Å². The first kappa shape index (κ1) is 16.8. The summed E-state index contributed by atoms with van der Waals surface area (Å²) >= 11 is 1.38. The van der Waals surface area contributed by atoms with Crippen molar-refractivity contribution in [3.05, 3.63) is 35.9 Å². The van der Waals surface area contributed by atoms with Crippen LogP contribution in [0.1, 0.15) is 25.5 Å². The number of carboxylic acids is 1. The summed E-state index contributed by atoms with van der Waals surface area (Å²) in [6.45, 7) is 3.58. The molecule has 4 atom stereocenters. The van der Waals surface area contributed by atoms with Crippen LogP contribution in [0.15, 0.2) is 30.3 Å². The van der Waals surface area contributed by atoms with Crippen LogP contribution < -0.4 is 11.1 Å². The molecule has 0 aliphatic carbocycles. The summed E-state index contributed by atoms with van der Waals surface area (Å²) in [5, 5.41) is 11.7. The number of nitrogens with one attached hydrogen (secondary N) is 1. The lowest BCUT2D eigenvalue weighted by Gasteiger charge is -2.43. The van der Waals surface area contributed by atoms with E-state index in [-0.39, 0.29) is 11.3 Å². The van der Waals surface area contributed by atoms with Gasteiger partial charge in [-0.15, -0.1) is 11.8 Å². The van der Waals surface area contributed by atoms with Crippen molar-refractivity contribution in [1.29, 1.82) is 0 Å². The number of rotatable bonds is 4. The second-order valence-corrected chi connectivity index (χ2v) is 8.24. The van der Waals surface area contributed by atoms with Gasteiger partial charge >= 0.3 is 5.97 Å². The van der Waals surface area contributed by atoms with E-state index in [2.05, 4.69) is 5.32 Å². The minimum Gasteiger partial charge on any atom is -0.480 e. The molecule has 2 heterocycles. The highest BCUT2D eigenvalue weighted by Crippen LogP contribution is 2.50. The Morgan fingerprint density at radius 2 is 1.96 bits per heavy atom. The van der Waals surface area contributed by atoms with Gasteiger partial charge in [0, 0.05) is 4.75 Å². The molecule has 0 spiro atoms. The third-order valence-electron chi connectivity index (χ3n) is 4.41. The number of benzene rings is 1. The number of thioether (sulfide) groups is 1. The van der Waals surface area contributed by atoms with Crippen LogP contribution in [0, 0.1) is 0 Å². The number of hydrogen-bond donors (Lipinski definition) is 3. The number of β-lactam (4-membered cyclic amide) rings is 1. The van der Waals surface area contributed by atoms with Gasteiger partial charge in [-0.1, -0.05) is 30.3 Å². The SMILES string of the molecule is CC1(C)S[C@@H]2[C@@H](NC(=O)C(N)c3ccccc3)C(=O)N2[C@H]1C(=O)O. The summed E-state index contributed by atoms with van der Waals surface area (Å²) in [6.07, 6.45) is 0. The molecule has 0 bridgehead atoms. The summed E-state index contributed by atoms with van der Waals surface area (Å²) in [5.74, 6) is -1.86. The minimum atomic E-state index is -1.03. The van der Waals surface area contributed by atoms with Gasteiger partial charge in [0.2, 0.25) is 11.8 Å². The maximum atomic E-state index is 12.3. The molecule has 2 fully saturated rings. The first-order valence-electron chi connectivity index (χ1n) is 7.58. The molecule has 1 aromatic rings. The highest BCUT2D eigenvalue weighted by molar-refractivity contribution is 8.01. The van der Waals surface area contributed by atoms with Crippen LogP contribution >= 0.6 is 11.8 Å². The van der Waals surface area contributed by atoms with E-state index in [4.69, 9.17) is 5.73 Å². The molecule has 3 rings (SSSR count). The summed E-state index contributed by atoms with van der Waals surface area (Å²) in [6, 6.07) is 6.38. The third-order valence-corrected chi connectivity index (χ3v) is 5.99. The number of carboxylic acid groups (broad SMARTS) is 1. The minimum absolute atomic E-state index is 0.375. The summed E-state index contributed by atoms with van der Waals surface area (Å²) in [7, 11) is 0.